The summed E-state index contributed by atoms with van der Waals surface area (Å²) in [4.78, 5) is 2.38. The van der Waals surface area contributed by atoms with Gasteiger partial charge >= 0.3 is 0 Å². The van der Waals surface area contributed by atoms with Gasteiger partial charge in [-0.3, -0.25) is 0 Å². The quantitative estimate of drug-likeness (QED) is 0.546. The van der Waals surface area contributed by atoms with Crippen molar-refractivity contribution in [1.29, 1.82) is 0 Å². The zero-order chi connectivity index (χ0) is 6.69. The second-order valence-corrected chi connectivity index (χ2v) is 2.82. The fourth-order valence-corrected chi connectivity index (χ4v) is 1.27. The minimum atomic E-state index is 0.740. The number of nitrogens with zero attached hydrogens (tertiary/aromatic N) is 1. The van der Waals surface area contributed by atoms with E-state index in [1.165, 1.54) is 19.5 Å². The Morgan fingerprint density at radius 1 is 1.67 bits per heavy atom. The number of rotatable bonds is 1. The predicted molar refractivity (Wildman–Crippen MR) is 39.6 cm³/mol. The molecule has 1 aliphatic heterocycles. The van der Waals surface area contributed by atoms with Crippen LogP contribution in [0.2, 0.25) is 0 Å². The van der Waals surface area contributed by atoms with Crippen LogP contribution in [0.5, 0.6) is 0 Å². The van der Waals surface area contributed by atoms with Gasteiger partial charge in [-0.15, -0.1) is 0 Å². The largest absolute Gasteiger partial charge is 0.311 e. The molecule has 1 fully saturated rings. The van der Waals surface area contributed by atoms with Crippen LogP contribution in [0.3, 0.4) is 0 Å². The van der Waals surface area contributed by atoms with Gasteiger partial charge in [0.1, 0.15) is 0 Å². The maximum absolute atomic E-state index is 3.46. The first-order valence-corrected chi connectivity index (χ1v) is 3.75. The molecule has 0 saturated carbocycles. The van der Waals surface area contributed by atoms with Crippen molar-refractivity contribution >= 4 is 0 Å². The van der Waals surface area contributed by atoms with Crippen molar-refractivity contribution in [1.82, 2.24) is 10.2 Å². The zero-order valence-electron chi connectivity index (χ0n) is 6.35. The van der Waals surface area contributed by atoms with E-state index in [-0.39, 0.29) is 0 Å². The van der Waals surface area contributed by atoms with Gasteiger partial charge in [-0.1, -0.05) is 6.92 Å². The van der Waals surface area contributed by atoms with Gasteiger partial charge in [-0.25, -0.2) is 0 Å². The Morgan fingerprint density at radius 3 is 2.89 bits per heavy atom. The lowest BCUT2D eigenvalue weighted by Gasteiger charge is -2.29. The normalized spacial score (nSPS) is 30.7. The van der Waals surface area contributed by atoms with Gasteiger partial charge in [0.2, 0.25) is 0 Å². The van der Waals surface area contributed by atoms with Gasteiger partial charge in [0.15, 0.2) is 0 Å². The fourth-order valence-electron chi connectivity index (χ4n) is 1.27. The molecule has 54 valence electrons. The monoisotopic (exact) mass is 128 g/mol. The third-order valence-corrected chi connectivity index (χ3v) is 1.95. The van der Waals surface area contributed by atoms with E-state index in [0.29, 0.717) is 0 Å². The number of hydrogen-bond donors (Lipinski definition) is 1. The first kappa shape index (κ1) is 7.03. The average molecular weight is 128 g/mol. The lowest BCUT2D eigenvalue weighted by atomic mass is 10.2. The second kappa shape index (κ2) is 3.18. The Balaban J connectivity index is 2.23. The first-order valence-electron chi connectivity index (χ1n) is 3.75. The summed E-state index contributed by atoms with van der Waals surface area (Å²) in [6, 6.07) is 0.740. The molecule has 1 atom stereocenters. The van der Waals surface area contributed by atoms with Gasteiger partial charge in [0.25, 0.3) is 0 Å². The highest BCUT2D eigenvalue weighted by Gasteiger charge is 2.12. The van der Waals surface area contributed by atoms with Crippen molar-refractivity contribution < 1.29 is 0 Å². The molecule has 0 unspecified atom stereocenters. The molecule has 0 aromatic rings. The Kier molecular flexibility index (Phi) is 2.49. The number of hydrogen-bond acceptors (Lipinski definition) is 2. The van der Waals surface area contributed by atoms with Gasteiger partial charge in [-0.2, -0.15) is 0 Å². The average Bonchev–Trinajstić information content (AvgIpc) is 1.88. The SMILES string of the molecule is CC[C@@H]1CN(C)CCN1. The van der Waals surface area contributed by atoms with Crippen LogP contribution in [0.25, 0.3) is 0 Å². The van der Waals surface area contributed by atoms with Gasteiger partial charge in [0, 0.05) is 25.7 Å². The molecular weight excluding hydrogens is 112 g/mol. The summed E-state index contributed by atoms with van der Waals surface area (Å²) >= 11 is 0. The summed E-state index contributed by atoms with van der Waals surface area (Å²) in [5, 5.41) is 3.46. The van der Waals surface area contributed by atoms with Crippen molar-refractivity contribution in [3.8, 4) is 0 Å². The molecule has 0 radical (unpaired) electrons. The standard InChI is InChI=1S/C7H16N2/c1-3-7-6-9(2)5-4-8-7/h7-8H,3-6H2,1-2H3/t7-/m1/s1. The summed E-state index contributed by atoms with van der Waals surface area (Å²) in [5.74, 6) is 0. The van der Waals surface area contributed by atoms with Crippen molar-refractivity contribution in [2.24, 2.45) is 0 Å². The van der Waals surface area contributed by atoms with E-state index >= 15 is 0 Å². The van der Waals surface area contributed by atoms with Gasteiger partial charge < -0.3 is 10.2 Å². The Bertz CT molecular complexity index is 83.0. The maximum atomic E-state index is 3.46. The van der Waals surface area contributed by atoms with Crippen LogP contribution in [0, 0.1) is 0 Å². The number of likely N-dealkylation sites (N-methyl/N-ethyl adjacent to an activating group) is 1. The summed E-state index contributed by atoms with van der Waals surface area (Å²) in [6.07, 6.45) is 1.25. The van der Waals surface area contributed by atoms with E-state index in [0.717, 1.165) is 12.6 Å². The summed E-state index contributed by atoms with van der Waals surface area (Å²) in [5.41, 5.74) is 0. The van der Waals surface area contributed by atoms with Crippen LogP contribution in [-0.4, -0.2) is 37.6 Å². The summed E-state index contributed by atoms with van der Waals surface area (Å²) in [6.45, 7) is 5.82. The van der Waals surface area contributed by atoms with E-state index in [9.17, 15) is 0 Å². The molecule has 2 heteroatoms. The van der Waals surface area contributed by atoms with Crippen LogP contribution in [0.15, 0.2) is 0 Å². The fraction of sp³-hybridized carbons (Fsp3) is 1.00. The third kappa shape index (κ3) is 1.95. The number of nitrogens with one attached hydrogen (secondary N) is 1. The first-order chi connectivity index (χ1) is 4.33. The van der Waals surface area contributed by atoms with Gasteiger partial charge in [-0.05, 0) is 13.5 Å². The van der Waals surface area contributed by atoms with Crippen molar-refractivity contribution in [2.45, 2.75) is 19.4 Å². The Labute approximate surface area is 57.2 Å². The van der Waals surface area contributed by atoms with Crippen LogP contribution in [0.1, 0.15) is 13.3 Å². The lowest BCUT2D eigenvalue weighted by molar-refractivity contribution is 0.235. The van der Waals surface area contributed by atoms with Crippen LogP contribution < -0.4 is 5.32 Å². The van der Waals surface area contributed by atoms with E-state index in [4.69, 9.17) is 0 Å². The minimum absolute atomic E-state index is 0.740. The molecule has 0 amide bonds. The molecule has 0 aromatic carbocycles. The van der Waals surface area contributed by atoms with E-state index in [2.05, 4.69) is 24.2 Å². The molecule has 1 N–H and O–H groups in total. The maximum Gasteiger partial charge on any atom is 0.0192 e. The molecular formula is C7H16N2. The third-order valence-electron chi connectivity index (χ3n) is 1.95. The Morgan fingerprint density at radius 2 is 2.44 bits per heavy atom. The summed E-state index contributed by atoms with van der Waals surface area (Å²) < 4.78 is 0. The molecule has 0 spiro atoms. The van der Waals surface area contributed by atoms with Crippen LogP contribution in [0.4, 0.5) is 0 Å². The molecule has 1 heterocycles. The summed E-state index contributed by atoms with van der Waals surface area (Å²) in [7, 11) is 2.18. The molecule has 1 rings (SSSR count). The van der Waals surface area contributed by atoms with Crippen LogP contribution in [-0.2, 0) is 0 Å². The zero-order valence-corrected chi connectivity index (χ0v) is 6.35. The van der Waals surface area contributed by atoms with Crippen molar-refractivity contribution in [3.05, 3.63) is 0 Å². The molecule has 0 bridgehead atoms. The minimum Gasteiger partial charge on any atom is -0.311 e. The van der Waals surface area contributed by atoms with E-state index in [1.807, 2.05) is 0 Å². The van der Waals surface area contributed by atoms with Crippen molar-refractivity contribution in [3.63, 3.8) is 0 Å². The number of piperazine rings is 1. The smallest absolute Gasteiger partial charge is 0.0192 e. The highest BCUT2D eigenvalue weighted by molar-refractivity contribution is 4.74. The molecule has 9 heavy (non-hydrogen) atoms. The van der Waals surface area contributed by atoms with Crippen molar-refractivity contribution in [2.75, 3.05) is 26.7 Å². The highest BCUT2D eigenvalue weighted by Crippen LogP contribution is 1.98. The molecule has 0 aromatic heterocycles. The van der Waals surface area contributed by atoms with E-state index < -0.39 is 0 Å². The van der Waals surface area contributed by atoms with Gasteiger partial charge in [0.05, 0.1) is 0 Å². The predicted octanol–water partition coefficient (Wildman–Crippen LogP) is 0.300. The Hall–Kier alpha value is -0.0800. The molecule has 1 aliphatic rings. The topological polar surface area (TPSA) is 15.3 Å². The highest BCUT2D eigenvalue weighted by atomic mass is 15.2. The molecule has 1 saturated heterocycles. The lowest BCUT2D eigenvalue weighted by Crippen LogP contribution is -2.48. The van der Waals surface area contributed by atoms with E-state index in [1.54, 1.807) is 0 Å². The molecule has 2 nitrogen and oxygen atoms in total. The second-order valence-electron chi connectivity index (χ2n) is 2.82. The van der Waals surface area contributed by atoms with Crippen LogP contribution >= 0.6 is 0 Å². The molecule has 0 aliphatic carbocycles.